The molecule has 0 heterocycles. The van der Waals surface area contributed by atoms with Crippen LogP contribution in [0.3, 0.4) is 0 Å². The maximum Gasteiger partial charge on any atom is 0.264 e. The maximum atomic E-state index is 14.0. The molecule has 0 saturated heterocycles. The minimum absolute atomic E-state index is 0.0537. The zero-order valence-corrected chi connectivity index (χ0v) is 24.5. The number of hydrogen-bond acceptors (Lipinski definition) is 4. The SMILES string of the molecule is CC[C@@H](C)NC(=O)[C@@H](C)N(Cc1ccc(C)cc1)C(=O)CN(c1cccc(C)c1)S(=O)(=O)c1ccc(C)cc1. The number of carbonyl (C=O) groups excluding carboxylic acids is 2. The Bertz CT molecular complexity index is 1390. The molecule has 3 aromatic carbocycles. The number of rotatable bonds is 11. The van der Waals surface area contributed by atoms with Crippen molar-refractivity contribution in [3.8, 4) is 0 Å². The fraction of sp³-hybridized carbons (Fsp3) is 0.355. The largest absolute Gasteiger partial charge is 0.352 e. The smallest absolute Gasteiger partial charge is 0.264 e. The lowest BCUT2D eigenvalue weighted by Crippen LogP contribution is -2.52. The van der Waals surface area contributed by atoms with E-state index in [1.807, 2.05) is 65.0 Å². The molecular weight excluding hydrogens is 510 g/mol. The summed E-state index contributed by atoms with van der Waals surface area (Å²) in [6, 6.07) is 20.5. The lowest BCUT2D eigenvalue weighted by Gasteiger charge is -2.32. The van der Waals surface area contributed by atoms with E-state index in [0.717, 1.165) is 33.0 Å². The first kappa shape index (κ1) is 29.9. The van der Waals surface area contributed by atoms with Crippen molar-refractivity contribution in [2.24, 2.45) is 0 Å². The quantitative estimate of drug-likeness (QED) is 0.359. The van der Waals surface area contributed by atoms with Gasteiger partial charge in [0.05, 0.1) is 10.6 Å². The number of nitrogens with one attached hydrogen (secondary N) is 1. The maximum absolute atomic E-state index is 14.0. The standard InChI is InChI=1S/C31H39N3O4S/c1-7-25(5)32-31(36)26(6)33(20-27-15-11-22(2)12-16-27)30(35)21-34(28-10-8-9-24(4)19-28)39(37,38)29-17-13-23(3)14-18-29/h8-19,25-26H,7,20-21H2,1-6H3,(H,32,36)/t25-,26-/m1/s1. The number of nitrogens with zero attached hydrogens (tertiary/aromatic N) is 2. The van der Waals surface area contributed by atoms with Gasteiger partial charge in [0.2, 0.25) is 11.8 Å². The molecule has 0 aliphatic heterocycles. The van der Waals surface area contributed by atoms with E-state index in [2.05, 4.69) is 5.32 Å². The van der Waals surface area contributed by atoms with Crippen molar-refractivity contribution in [1.29, 1.82) is 0 Å². The highest BCUT2D eigenvalue weighted by Gasteiger charge is 2.32. The second-order valence-corrected chi connectivity index (χ2v) is 12.0. The van der Waals surface area contributed by atoms with Gasteiger partial charge in [0.1, 0.15) is 12.6 Å². The molecule has 7 nitrogen and oxygen atoms in total. The van der Waals surface area contributed by atoms with Gasteiger partial charge in [0, 0.05) is 12.6 Å². The Balaban J connectivity index is 2.02. The minimum atomic E-state index is -4.08. The molecule has 0 unspecified atom stereocenters. The molecule has 3 rings (SSSR count). The minimum Gasteiger partial charge on any atom is -0.352 e. The zero-order chi connectivity index (χ0) is 28.7. The van der Waals surface area contributed by atoms with Crippen LogP contribution in [-0.2, 0) is 26.2 Å². The van der Waals surface area contributed by atoms with E-state index in [0.29, 0.717) is 5.69 Å². The van der Waals surface area contributed by atoms with Gasteiger partial charge in [-0.2, -0.15) is 0 Å². The third kappa shape index (κ3) is 7.69. The van der Waals surface area contributed by atoms with Crippen LogP contribution in [0.15, 0.2) is 77.7 Å². The lowest BCUT2D eigenvalue weighted by molar-refractivity contribution is -0.139. The summed E-state index contributed by atoms with van der Waals surface area (Å²) in [4.78, 5) is 28.6. The van der Waals surface area contributed by atoms with Crippen LogP contribution in [0.1, 0.15) is 49.4 Å². The van der Waals surface area contributed by atoms with Crippen molar-refractivity contribution < 1.29 is 18.0 Å². The first-order valence-corrected chi connectivity index (χ1v) is 14.7. The number of aryl methyl sites for hydroxylation is 3. The predicted molar refractivity (Wildman–Crippen MR) is 156 cm³/mol. The van der Waals surface area contributed by atoms with Gasteiger partial charge in [0.25, 0.3) is 10.0 Å². The summed E-state index contributed by atoms with van der Waals surface area (Å²) in [5, 5.41) is 2.95. The second kappa shape index (κ2) is 12.9. The fourth-order valence-corrected chi connectivity index (χ4v) is 5.49. The molecule has 0 aliphatic carbocycles. The van der Waals surface area contributed by atoms with E-state index in [4.69, 9.17) is 0 Å². The molecule has 0 aliphatic rings. The highest BCUT2D eigenvalue weighted by Crippen LogP contribution is 2.25. The number of anilines is 1. The van der Waals surface area contributed by atoms with Gasteiger partial charge in [-0.25, -0.2) is 8.42 Å². The summed E-state index contributed by atoms with van der Waals surface area (Å²) in [5.41, 5.74) is 4.10. The number of sulfonamides is 1. The van der Waals surface area contributed by atoms with Crippen molar-refractivity contribution in [3.05, 3.63) is 95.1 Å². The molecule has 0 saturated carbocycles. The summed E-state index contributed by atoms with van der Waals surface area (Å²) in [6.07, 6.45) is 0.750. The van der Waals surface area contributed by atoms with E-state index < -0.39 is 28.5 Å². The van der Waals surface area contributed by atoms with Crippen LogP contribution in [0.4, 0.5) is 5.69 Å². The molecule has 0 radical (unpaired) electrons. The van der Waals surface area contributed by atoms with Gasteiger partial charge in [-0.1, -0.05) is 66.6 Å². The summed E-state index contributed by atoms with van der Waals surface area (Å²) in [7, 11) is -4.08. The van der Waals surface area contributed by atoms with E-state index in [9.17, 15) is 18.0 Å². The summed E-state index contributed by atoms with van der Waals surface area (Å²) in [5.74, 6) is -0.757. The first-order valence-electron chi connectivity index (χ1n) is 13.2. The Kier molecular flexibility index (Phi) is 9.92. The molecule has 0 fully saturated rings. The normalized spacial score (nSPS) is 12.9. The van der Waals surface area contributed by atoms with Crippen LogP contribution in [0.5, 0.6) is 0 Å². The Morgan fingerprint density at radius 2 is 1.44 bits per heavy atom. The van der Waals surface area contributed by atoms with Crippen LogP contribution in [0, 0.1) is 20.8 Å². The van der Waals surface area contributed by atoms with E-state index in [1.54, 1.807) is 49.4 Å². The van der Waals surface area contributed by atoms with E-state index >= 15 is 0 Å². The van der Waals surface area contributed by atoms with Gasteiger partial charge in [-0.15, -0.1) is 0 Å². The molecule has 8 heteroatoms. The Hall–Kier alpha value is -3.65. The molecule has 1 N–H and O–H groups in total. The van der Waals surface area contributed by atoms with E-state index in [1.165, 1.54) is 4.90 Å². The Morgan fingerprint density at radius 3 is 2.00 bits per heavy atom. The molecule has 39 heavy (non-hydrogen) atoms. The predicted octanol–water partition coefficient (Wildman–Crippen LogP) is 5.14. The van der Waals surface area contributed by atoms with Crippen LogP contribution in [0.25, 0.3) is 0 Å². The number of benzene rings is 3. The molecule has 3 aromatic rings. The number of hydrogen-bond donors (Lipinski definition) is 1. The van der Waals surface area contributed by atoms with Crippen LogP contribution in [0.2, 0.25) is 0 Å². The third-order valence-electron chi connectivity index (χ3n) is 6.82. The molecule has 208 valence electrons. The highest BCUT2D eigenvalue weighted by molar-refractivity contribution is 7.92. The van der Waals surface area contributed by atoms with Gasteiger partial charge < -0.3 is 10.2 Å². The van der Waals surface area contributed by atoms with Crippen LogP contribution in [-0.4, -0.2) is 43.8 Å². The van der Waals surface area contributed by atoms with Crippen molar-refractivity contribution in [1.82, 2.24) is 10.2 Å². The molecule has 0 bridgehead atoms. The van der Waals surface area contributed by atoms with Crippen molar-refractivity contribution in [2.75, 3.05) is 10.8 Å². The zero-order valence-electron chi connectivity index (χ0n) is 23.6. The van der Waals surface area contributed by atoms with E-state index in [-0.39, 0.29) is 23.4 Å². The summed E-state index contributed by atoms with van der Waals surface area (Å²) < 4.78 is 28.9. The van der Waals surface area contributed by atoms with Gasteiger partial charge in [-0.05, 0) is 76.4 Å². The Morgan fingerprint density at radius 1 is 0.846 bits per heavy atom. The Labute approximate surface area is 232 Å². The number of carbonyl (C=O) groups is 2. The third-order valence-corrected chi connectivity index (χ3v) is 8.61. The number of amides is 2. The van der Waals surface area contributed by atoms with Crippen LogP contribution >= 0.6 is 0 Å². The van der Waals surface area contributed by atoms with Crippen molar-refractivity contribution in [2.45, 2.75) is 71.5 Å². The van der Waals surface area contributed by atoms with Gasteiger partial charge >= 0.3 is 0 Å². The second-order valence-electron chi connectivity index (χ2n) is 10.2. The average Bonchev–Trinajstić information content (AvgIpc) is 2.90. The molecule has 2 amide bonds. The molecule has 0 aromatic heterocycles. The fourth-order valence-electron chi connectivity index (χ4n) is 4.09. The van der Waals surface area contributed by atoms with Crippen molar-refractivity contribution >= 4 is 27.5 Å². The summed E-state index contributed by atoms with van der Waals surface area (Å²) in [6.45, 7) is 11.0. The molecule has 2 atom stereocenters. The molecular formula is C31H39N3O4S. The topological polar surface area (TPSA) is 86.8 Å². The first-order chi connectivity index (χ1) is 18.4. The van der Waals surface area contributed by atoms with Gasteiger partial charge in [-0.3, -0.25) is 13.9 Å². The highest BCUT2D eigenvalue weighted by atomic mass is 32.2. The summed E-state index contributed by atoms with van der Waals surface area (Å²) >= 11 is 0. The molecule has 0 spiro atoms. The average molecular weight is 550 g/mol. The van der Waals surface area contributed by atoms with Crippen LogP contribution < -0.4 is 9.62 Å². The monoisotopic (exact) mass is 549 g/mol. The van der Waals surface area contributed by atoms with Crippen molar-refractivity contribution in [3.63, 3.8) is 0 Å². The van der Waals surface area contributed by atoms with Gasteiger partial charge in [0.15, 0.2) is 0 Å². The lowest BCUT2D eigenvalue weighted by atomic mass is 10.1.